The molecule has 2 aromatic carbocycles. The zero-order valence-electron chi connectivity index (χ0n) is 15.7. The van der Waals surface area contributed by atoms with Gasteiger partial charge >= 0.3 is 6.18 Å². The van der Waals surface area contributed by atoms with Crippen LogP contribution in [0.1, 0.15) is 21.6 Å². The molecule has 30 heavy (non-hydrogen) atoms. The van der Waals surface area contributed by atoms with Crippen LogP contribution in [0.3, 0.4) is 0 Å². The molecule has 3 aromatic rings. The lowest BCUT2D eigenvalue weighted by Crippen LogP contribution is -2.28. The van der Waals surface area contributed by atoms with Gasteiger partial charge in [-0.25, -0.2) is 0 Å². The van der Waals surface area contributed by atoms with Gasteiger partial charge in [0.15, 0.2) is 5.69 Å². The molecule has 0 spiro atoms. The van der Waals surface area contributed by atoms with Crippen molar-refractivity contribution in [2.75, 3.05) is 16.8 Å². The Morgan fingerprint density at radius 1 is 1.03 bits per heavy atom. The lowest BCUT2D eigenvalue weighted by Gasteiger charge is -2.17. The van der Waals surface area contributed by atoms with E-state index in [4.69, 9.17) is 0 Å². The van der Waals surface area contributed by atoms with Crippen molar-refractivity contribution < 1.29 is 22.8 Å². The quantitative estimate of drug-likeness (QED) is 0.707. The fourth-order valence-corrected chi connectivity index (χ4v) is 3.35. The second-order valence-corrected chi connectivity index (χ2v) is 6.86. The monoisotopic (exact) mass is 414 g/mol. The van der Waals surface area contributed by atoms with Crippen LogP contribution in [0.4, 0.5) is 24.5 Å². The van der Waals surface area contributed by atoms with Crippen molar-refractivity contribution in [1.29, 1.82) is 0 Å². The van der Waals surface area contributed by atoms with Crippen molar-refractivity contribution in [3.8, 4) is 0 Å². The molecule has 0 aliphatic carbocycles. The molecule has 2 heterocycles. The molecule has 0 radical (unpaired) electrons. The summed E-state index contributed by atoms with van der Waals surface area (Å²) >= 11 is 0. The second-order valence-electron chi connectivity index (χ2n) is 6.86. The van der Waals surface area contributed by atoms with Crippen LogP contribution in [0.15, 0.2) is 60.8 Å². The smallest absolute Gasteiger partial charge is 0.324 e. The summed E-state index contributed by atoms with van der Waals surface area (Å²) in [6, 6.07) is 14.9. The maximum absolute atomic E-state index is 12.8. The Balaban J connectivity index is 1.38. The maximum atomic E-state index is 12.8. The Morgan fingerprint density at radius 2 is 1.77 bits per heavy atom. The van der Waals surface area contributed by atoms with Crippen LogP contribution in [0.25, 0.3) is 0 Å². The van der Waals surface area contributed by atoms with Crippen LogP contribution in [0.5, 0.6) is 0 Å². The highest BCUT2D eigenvalue weighted by Gasteiger charge is 2.33. The van der Waals surface area contributed by atoms with Gasteiger partial charge in [0.2, 0.25) is 5.91 Å². The maximum Gasteiger partial charge on any atom is 0.435 e. The average Bonchev–Trinajstić information content (AvgIpc) is 3.35. The predicted molar refractivity (Wildman–Crippen MR) is 104 cm³/mol. The molecule has 0 saturated carbocycles. The van der Waals surface area contributed by atoms with E-state index in [0.717, 1.165) is 34.6 Å². The number of hydrogen-bond donors (Lipinski definition) is 1. The first-order valence-electron chi connectivity index (χ1n) is 9.21. The second kappa shape index (κ2) is 7.66. The molecule has 0 unspecified atom stereocenters. The van der Waals surface area contributed by atoms with E-state index >= 15 is 0 Å². The third-order valence-electron chi connectivity index (χ3n) is 4.78. The Hall–Kier alpha value is -3.62. The van der Waals surface area contributed by atoms with Gasteiger partial charge in [-0.05, 0) is 48.4 Å². The van der Waals surface area contributed by atoms with Crippen LogP contribution in [-0.2, 0) is 23.9 Å². The molecule has 6 nitrogen and oxygen atoms in total. The molecule has 0 bridgehead atoms. The summed E-state index contributed by atoms with van der Waals surface area (Å²) in [7, 11) is 0. The Labute approximate surface area is 169 Å². The first-order valence-corrected chi connectivity index (χ1v) is 9.21. The number of hydrogen-bond acceptors (Lipinski definition) is 3. The highest BCUT2D eigenvalue weighted by Crippen LogP contribution is 2.29. The van der Waals surface area contributed by atoms with E-state index in [9.17, 15) is 22.8 Å². The lowest BCUT2D eigenvalue weighted by molar-refractivity contribution is -0.141. The number of halogens is 3. The van der Waals surface area contributed by atoms with E-state index in [2.05, 4.69) is 10.4 Å². The minimum Gasteiger partial charge on any atom is -0.324 e. The molecule has 1 aliphatic rings. The number of carbonyl (C=O) groups is 2. The number of carbonyl (C=O) groups excluding carboxylic acids is 2. The first-order chi connectivity index (χ1) is 14.3. The number of anilines is 2. The highest BCUT2D eigenvalue weighted by atomic mass is 19.4. The van der Waals surface area contributed by atoms with E-state index in [1.807, 2.05) is 24.3 Å². The molecule has 0 fully saturated rings. The minimum atomic E-state index is -4.56. The predicted octanol–water partition coefficient (Wildman–Crippen LogP) is 3.74. The van der Waals surface area contributed by atoms with Crippen LogP contribution >= 0.6 is 0 Å². The van der Waals surface area contributed by atoms with Gasteiger partial charge in [0.1, 0.15) is 6.54 Å². The van der Waals surface area contributed by atoms with E-state index in [-0.39, 0.29) is 12.5 Å². The molecule has 0 atom stereocenters. The molecule has 4 rings (SSSR count). The highest BCUT2D eigenvalue weighted by molar-refractivity contribution is 6.07. The Kier molecular flexibility index (Phi) is 5.03. The molecule has 1 aliphatic heterocycles. The van der Waals surface area contributed by atoms with Crippen molar-refractivity contribution in [2.45, 2.75) is 19.1 Å². The summed E-state index contributed by atoms with van der Waals surface area (Å²) in [5, 5.41) is 5.93. The largest absolute Gasteiger partial charge is 0.435 e. The zero-order chi connectivity index (χ0) is 21.3. The minimum absolute atomic E-state index is 0.131. The number of amides is 2. The van der Waals surface area contributed by atoms with Gasteiger partial charge in [-0.15, -0.1) is 0 Å². The fraction of sp³-hybridized carbons (Fsp3) is 0.190. The van der Waals surface area contributed by atoms with Crippen LogP contribution in [0, 0.1) is 0 Å². The third kappa shape index (κ3) is 4.05. The number of para-hydroxylation sites is 1. The molecule has 0 saturated heterocycles. The van der Waals surface area contributed by atoms with E-state index < -0.39 is 17.8 Å². The summed E-state index contributed by atoms with van der Waals surface area (Å²) in [5.74, 6) is -0.659. The fourth-order valence-electron chi connectivity index (χ4n) is 3.35. The summed E-state index contributed by atoms with van der Waals surface area (Å²) in [4.78, 5) is 26.6. The SMILES string of the molecule is O=C(Cn1ccc(C(F)(F)F)n1)Nc1ccc(C(=O)N2CCc3ccccc32)cc1. The van der Waals surface area contributed by atoms with Crippen molar-refractivity contribution in [1.82, 2.24) is 9.78 Å². The number of nitrogens with zero attached hydrogens (tertiary/aromatic N) is 3. The van der Waals surface area contributed by atoms with Crippen molar-refractivity contribution >= 4 is 23.2 Å². The lowest BCUT2D eigenvalue weighted by atomic mass is 10.1. The van der Waals surface area contributed by atoms with Gasteiger partial charge in [0.25, 0.3) is 5.91 Å². The van der Waals surface area contributed by atoms with Gasteiger partial charge < -0.3 is 10.2 Å². The number of rotatable bonds is 4. The zero-order valence-corrected chi connectivity index (χ0v) is 15.7. The molecular formula is C21H17F3N4O2. The summed E-state index contributed by atoms with van der Waals surface area (Å²) in [6.07, 6.45) is -2.66. The van der Waals surface area contributed by atoms with E-state index in [1.54, 1.807) is 29.2 Å². The molecule has 1 N–H and O–H groups in total. The number of alkyl halides is 3. The van der Waals surface area contributed by atoms with E-state index in [0.29, 0.717) is 17.8 Å². The first kappa shape index (κ1) is 19.7. The number of fused-ring (bicyclic) bond motifs is 1. The summed E-state index contributed by atoms with van der Waals surface area (Å²) < 4.78 is 38.6. The van der Waals surface area contributed by atoms with Gasteiger partial charge in [0, 0.05) is 29.7 Å². The van der Waals surface area contributed by atoms with Crippen molar-refractivity contribution in [3.63, 3.8) is 0 Å². The standard InChI is InChI=1S/C21H17F3N4O2/c22-21(23,24)18-10-11-27(26-18)13-19(29)25-16-7-5-15(6-8-16)20(30)28-12-9-14-3-1-2-4-17(14)28/h1-8,10-11H,9,12-13H2,(H,25,29). The molecule has 154 valence electrons. The van der Waals surface area contributed by atoms with Crippen LogP contribution in [0.2, 0.25) is 0 Å². The summed E-state index contributed by atoms with van der Waals surface area (Å²) in [5.41, 5.74) is 1.88. The van der Waals surface area contributed by atoms with Gasteiger partial charge in [0.05, 0.1) is 0 Å². The number of benzene rings is 2. The number of nitrogens with one attached hydrogen (secondary N) is 1. The van der Waals surface area contributed by atoms with E-state index in [1.165, 1.54) is 0 Å². The van der Waals surface area contributed by atoms with Crippen molar-refractivity contribution in [2.24, 2.45) is 0 Å². The molecule has 9 heteroatoms. The normalized spacial score (nSPS) is 13.2. The van der Waals surface area contributed by atoms with Crippen LogP contribution in [-0.4, -0.2) is 28.1 Å². The van der Waals surface area contributed by atoms with Gasteiger partial charge in [-0.2, -0.15) is 18.3 Å². The average molecular weight is 414 g/mol. The topological polar surface area (TPSA) is 67.2 Å². The third-order valence-corrected chi connectivity index (χ3v) is 4.78. The molecule has 1 aromatic heterocycles. The Bertz CT molecular complexity index is 1090. The number of aromatic nitrogens is 2. The van der Waals surface area contributed by atoms with Crippen LogP contribution < -0.4 is 10.2 Å². The van der Waals surface area contributed by atoms with Gasteiger partial charge in [-0.1, -0.05) is 18.2 Å². The summed E-state index contributed by atoms with van der Waals surface area (Å²) in [6.45, 7) is 0.252. The molecule has 2 amide bonds. The van der Waals surface area contributed by atoms with Crippen molar-refractivity contribution in [3.05, 3.63) is 77.6 Å². The molecular weight excluding hydrogens is 397 g/mol. The Morgan fingerprint density at radius 3 is 2.47 bits per heavy atom. The van der Waals surface area contributed by atoms with Gasteiger partial charge in [-0.3, -0.25) is 14.3 Å².